The molecule has 0 aliphatic carbocycles. The number of nitrogens with zero attached hydrogens (tertiary/aromatic N) is 3. The van der Waals surface area contributed by atoms with Crippen LogP contribution in [0.2, 0.25) is 0 Å². The third-order valence-electron chi connectivity index (χ3n) is 3.24. The van der Waals surface area contributed by atoms with Crippen molar-refractivity contribution in [1.29, 1.82) is 0 Å². The van der Waals surface area contributed by atoms with Gasteiger partial charge in [0, 0.05) is 25.4 Å². The summed E-state index contributed by atoms with van der Waals surface area (Å²) < 4.78 is 17.9. The van der Waals surface area contributed by atoms with E-state index in [1.807, 2.05) is 0 Å². The normalized spacial score (nSPS) is 19.4. The average Bonchev–Trinajstić information content (AvgIpc) is 2.94. The van der Waals surface area contributed by atoms with Crippen LogP contribution >= 0.6 is 0 Å². The number of ether oxygens (including phenoxy) is 1. The van der Waals surface area contributed by atoms with Crippen LogP contribution in [0.4, 0.5) is 10.5 Å². The Kier molecular flexibility index (Phi) is 4.98. The molecule has 1 aliphatic rings. The zero-order valence-electron chi connectivity index (χ0n) is 13.2. The van der Waals surface area contributed by atoms with Crippen LogP contribution in [-0.2, 0) is 15.5 Å². The number of rotatable bonds is 3. The summed E-state index contributed by atoms with van der Waals surface area (Å²) in [6.07, 6.45) is 1.40. The van der Waals surface area contributed by atoms with Crippen LogP contribution in [0.1, 0.15) is 27.2 Å². The van der Waals surface area contributed by atoms with Gasteiger partial charge in [0.1, 0.15) is 5.60 Å². The van der Waals surface area contributed by atoms with E-state index in [-0.39, 0.29) is 17.3 Å². The molecule has 2 heterocycles. The Hall–Kier alpha value is -2.03. The first kappa shape index (κ1) is 17.3. The highest BCUT2D eigenvalue weighted by Crippen LogP contribution is 2.26. The highest BCUT2D eigenvalue weighted by atomic mass is 32.2. The summed E-state index contributed by atoms with van der Waals surface area (Å²) in [5.74, 6) is 0. The van der Waals surface area contributed by atoms with Gasteiger partial charge >= 0.3 is 11.8 Å². The second-order valence-electron chi connectivity index (χ2n) is 6.22. The lowest BCUT2D eigenvalue weighted by atomic mass is 10.2. The Bertz CT molecular complexity index is 644. The average molecular weight is 341 g/mol. The van der Waals surface area contributed by atoms with Gasteiger partial charge in [0.25, 0.3) is 0 Å². The fourth-order valence-electron chi connectivity index (χ4n) is 2.23. The number of likely N-dealkylation sites (tertiary alicyclic amines) is 1. The van der Waals surface area contributed by atoms with Gasteiger partial charge in [-0.25, -0.2) is 9.78 Å². The standard InChI is InChI=1S/C14H19N3O5S/c1-14(2,3)22-13(18)16-8-6-10(9-16)23(21)12-11(17(19)20)5-4-7-15-12/h4-5,7,10H,6,8-9H2,1-3H3/t10-,23-/m1/s1. The van der Waals surface area contributed by atoms with Crippen molar-refractivity contribution < 1.29 is 18.7 Å². The van der Waals surface area contributed by atoms with E-state index in [9.17, 15) is 19.1 Å². The van der Waals surface area contributed by atoms with Crippen LogP contribution in [0, 0.1) is 10.1 Å². The Morgan fingerprint density at radius 1 is 1.52 bits per heavy atom. The molecule has 126 valence electrons. The van der Waals surface area contributed by atoms with E-state index in [1.54, 1.807) is 20.8 Å². The summed E-state index contributed by atoms with van der Waals surface area (Å²) in [5.41, 5.74) is -0.866. The van der Waals surface area contributed by atoms with Gasteiger partial charge < -0.3 is 9.64 Å². The maximum absolute atomic E-state index is 12.6. The molecule has 0 unspecified atom stereocenters. The lowest BCUT2D eigenvalue weighted by molar-refractivity contribution is -0.388. The van der Waals surface area contributed by atoms with Crippen LogP contribution in [0.3, 0.4) is 0 Å². The number of carbonyl (C=O) groups is 1. The van der Waals surface area contributed by atoms with Gasteiger partial charge in [-0.2, -0.15) is 0 Å². The molecule has 0 bridgehead atoms. The molecule has 1 saturated heterocycles. The maximum Gasteiger partial charge on any atom is 0.410 e. The molecule has 0 aromatic carbocycles. The molecule has 0 spiro atoms. The van der Waals surface area contributed by atoms with Gasteiger partial charge in [-0.3, -0.25) is 14.3 Å². The van der Waals surface area contributed by atoms with Crippen molar-refractivity contribution in [1.82, 2.24) is 9.88 Å². The summed E-state index contributed by atoms with van der Waals surface area (Å²) in [6.45, 7) is 5.96. The number of hydrogen-bond acceptors (Lipinski definition) is 6. The van der Waals surface area contributed by atoms with Crippen LogP contribution < -0.4 is 0 Å². The summed E-state index contributed by atoms with van der Waals surface area (Å²) in [4.78, 5) is 27.8. The SMILES string of the molecule is CC(C)(C)OC(=O)N1CC[C@@H]([S@@](=O)c2ncccc2[N+](=O)[O-])C1. The minimum Gasteiger partial charge on any atom is -0.444 e. The van der Waals surface area contributed by atoms with Gasteiger partial charge in [0.2, 0.25) is 5.03 Å². The molecule has 1 aliphatic heterocycles. The Balaban J connectivity index is 2.09. The number of pyridine rings is 1. The van der Waals surface area contributed by atoms with E-state index in [2.05, 4.69) is 4.98 Å². The number of nitro groups is 1. The fourth-order valence-corrected chi connectivity index (χ4v) is 3.69. The smallest absolute Gasteiger partial charge is 0.410 e. The number of carbonyl (C=O) groups excluding carboxylic acids is 1. The molecule has 2 atom stereocenters. The quantitative estimate of drug-likeness (QED) is 0.616. The molecule has 1 aromatic rings. The minimum atomic E-state index is -1.65. The van der Waals surface area contributed by atoms with Gasteiger partial charge in [-0.15, -0.1) is 0 Å². The molecule has 2 rings (SSSR count). The van der Waals surface area contributed by atoms with E-state index in [4.69, 9.17) is 4.74 Å². The first-order valence-corrected chi connectivity index (χ1v) is 8.38. The lowest BCUT2D eigenvalue weighted by Gasteiger charge is -2.24. The first-order valence-electron chi connectivity index (χ1n) is 7.17. The van der Waals surface area contributed by atoms with Crippen LogP contribution in [0.5, 0.6) is 0 Å². The van der Waals surface area contributed by atoms with Crippen molar-refractivity contribution in [3.8, 4) is 0 Å². The zero-order valence-corrected chi connectivity index (χ0v) is 14.0. The van der Waals surface area contributed by atoms with E-state index < -0.39 is 32.7 Å². The van der Waals surface area contributed by atoms with Crippen LogP contribution in [-0.4, -0.2) is 49.0 Å². The molecule has 0 radical (unpaired) electrons. The largest absolute Gasteiger partial charge is 0.444 e. The lowest BCUT2D eigenvalue weighted by Crippen LogP contribution is -2.36. The highest BCUT2D eigenvalue weighted by molar-refractivity contribution is 7.85. The van der Waals surface area contributed by atoms with Crippen molar-refractivity contribution in [3.63, 3.8) is 0 Å². The third-order valence-corrected chi connectivity index (χ3v) is 4.92. The monoisotopic (exact) mass is 341 g/mol. The Morgan fingerprint density at radius 2 is 2.22 bits per heavy atom. The fraction of sp³-hybridized carbons (Fsp3) is 0.571. The second kappa shape index (κ2) is 6.61. The Labute approximate surface area is 136 Å². The molecular weight excluding hydrogens is 322 g/mol. The predicted molar refractivity (Wildman–Crippen MR) is 83.5 cm³/mol. The molecule has 1 amide bonds. The maximum atomic E-state index is 12.6. The van der Waals surface area contributed by atoms with E-state index >= 15 is 0 Å². The molecule has 1 fully saturated rings. The topological polar surface area (TPSA) is 103 Å². The van der Waals surface area contributed by atoms with Gasteiger partial charge in [0.15, 0.2) is 0 Å². The molecule has 23 heavy (non-hydrogen) atoms. The van der Waals surface area contributed by atoms with Crippen molar-refractivity contribution in [2.24, 2.45) is 0 Å². The number of aromatic nitrogens is 1. The van der Waals surface area contributed by atoms with Gasteiger partial charge in [0.05, 0.1) is 21.0 Å². The predicted octanol–water partition coefficient (Wildman–Crippen LogP) is 2.11. The molecule has 9 heteroatoms. The van der Waals surface area contributed by atoms with E-state index in [0.717, 1.165) is 0 Å². The molecule has 1 aromatic heterocycles. The molecule has 0 saturated carbocycles. The van der Waals surface area contributed by atoms with Crippen LogP contribution in [0.15, 0.2) is 23.4 Å². The first-order chi connectivity index (χ1) is 10.7. The second-order valence-corrected chi connectivity index (χ2v) is 7.87. The zero-order chi connectivity index (χ0) is 17.2. The summed E-state index contributed by atoms with van der Waals surface area (Å²) >= 11 is 0. The molecule has 0 N–H and O–H groups in total. The minimum absolute atomic E-state index is 0.0476. The van der Waals surface area contributed by atoms with Crippen molar-refractivity contribution in [2.45, 2.75) is 43.1 Å². The van der Waals surface area contributed by atoms with E-state index in [1.165, 1.54) is 23.2 Å². The third kappa shape index (κ3) is 4.25. The van der Waals surface area contributed by atoms with Gasteiger partial charge in [-0.05, 0) is 33.3 Å². The molecule has 8 nitrogen and oxygen atoms in total. The van der Waals surface area contributed by atoms with Crippen molar-refractivity contribution in [2.75, 3.05) is 13.1 Å². The highest BCUT2D eigenvalue weighted by Gasteiger charge is 2.35. The number of amides is 1. The number of hydrogen-bond donors (Lipinski definition) is 0. The summed E-state index contributed by atoms with van der Waals surface area (Å²) in [6, 6.07) is 2.71. The summed E-state index contributed by atoms with van der Waals surface area (Å²) in [7, 11) is -1.65. The van der Waals surface area contributed by atoms with Crippen molar-refractivity contribution in [3.05, 3.63) is 28.4 Å². The summed E-state index contributed by atoms with van der Waals surface area (Å²) in [5, 5.41) is 10.6. The van der Waals surface area contributed by atoms with Gasteiger partial charge in [-0.1, -0.05) is 0 Å². The van der Waals surface area contributed by atoms with E-state index in [0.29, 0.717) is 13.0 Å². The molecular formula is C14H19N3O5S. The van der Waals surface area contributed by atoms with Crippen LogP contribution in [0.25, 0.3) is 0 Å². The van der Waals surface area contributed by atoms with Crippen molar-refractivity contribution >= 4 is 22.6 Å². The Morgan fingerprint density at radius 3 is 2.83 bits per heavy atom.